The van der Waals surface area contributed by atoms with Gasteiger partial charge in [0.25, 0.3) is 0 Å². The zero-order valence-electron chi connectivity index (χ0n) is 14.0. The van der Waals surface area contributed by atoms with Gasteiger partial charge < -0.3 is 4.74 Å². The van der Waals surface area contributed by atoms with Crippen LogP contribution in [0.25, 0.3) is 11.3 Å². The van der Waals surface area contributed by atoms with E-state index in [9.17, 15) is 22.0 Å². The Morgan fingerprint density at radius 3 is 2.54 bits per heavy atom. The predicted octanol–water partition coefficient (Wildman–Crippen LogP) is 4.50. The summed E-state index contributed by atoms with van der Waals surface area (Å²) in [6.07, 6.45) is -1.43. The van der Waals surface area contributed by atoms with Crippen LogP contribution < -0.4 is 9.30 Å². The third kappa shape index (κ3) is 1.83. The van der Waals surface area contributed by atoms with E-state index < -0.39 is 34.3 Å². The molecule has 1 aromatic carbocycles. The molecule has 0 bridgehead atoms. The third-order valence-corrected chi connectivity index (χ3v) is 5.74. The number of aromatic nitrogens is 1. The number of rotatable bonds is 2. The Hall–Kier alpha value is -2.44. The van der Waals surface area contributed by atoms with Crippen LogP contribution in [0.5, 0.6) is 5.75 Å². The van der Waals surface area contributed by atoms with E-state index in [1.807, 2.05) is 6.92 Å². The van der Waals surface area contributed by atoms with Gasteiger partial charge in [0.05, 0.1) is 24.2 Å². The first-order valence-corrected chi connectivity index (χ1v) is 7.94. The normalized spacial score (nSPS) is 25.8. The molecule has 0 spiro atoms. The minimum Gasteiger partial charge on any atom is -0.496 e. The number of hydrogen-bond acceptors (Lipinski definition) is 1. The van der Waals surface area contributed by atoms with Crippen LogP contribution in [0.3, 0.4) is 0 Å². The number of nitrogens with zero attached hydrogens (tertiary/aromatic N) is 1. The van der Waals surface area contributed by atoms with Crippen LogP contribution in [0.2, 0.25) is 0 Å². The monoisotopic (exact) mass is 368 g/mol. The van der Waals surface area contributed by atoms with Crippen molar-refractivity contribution in [3.63, 3.8) is 0 Å². The summed E-state index contributed by atoms with van der Waals surface area (Å²) in [5.74, 6) is -2.85. The van der Waals surface area contributed by atoms with Crippen molar-refractivity contribution in [3.05, 3.63) is 59.8 Å². The summed E-state index contributed by atoms with van der Waals surface area (Å²) >= 11 is 0. The predicted molar refractivity (Wildman–Crippen MR) is 83.7 cm³/mol. The van der Waals surface area contributed by atoms with Gasteiger partial charge in [0, 0.05) is 19.4 Å². The number of pyridine rings is 1. The van der Waals surface area contributed by atoms with Crippen molar-refractivity contribution in [2.45, 2.75) is 30.5 Å². The number of halogens is 5. The van der Waals surface area contributed by atoms with Gasteiger partial charge in [0.2, 0.25) is 5.69 Å². The largest absolute Gasteiger partial charge is 0.496 e. The summed E-state index contributed by atoms with van der Waals surface area (Å²) in [5, 5.41) is 0. The molecular weight excluding hydrogens is 353 g/mol. The fourth-order valence-corrected chi connectivity index (χ4v) is 4.30. The van der Waals surface area contributed by atoms with E-state index in [0.717, 1.165) is 6.07 Å². The van der Waals surface area contributed by atoms with E-state index in [2.05, 4.69) is 6.58 Å². The topological polar surface area (TPSA) is 13.1 Å². The van der Waals surface area contributed by atoms with Crippen molar-refractivity contribution >= 4 is 0 Å². The summed E-state index contributed by atoms with van der Waals surface area (Å²) < 4.78 is 75.8. The quantitative estimate of drug-likeness (QED) is 0.432. The molecule has 2 aromatic rings. The molecule has 2 atom stereocenters. The molecule has 2 heterocycles. The Morgan fingerprint density at radius 2 is 1.96 bits per heavy atom. The molecular formula is C19H15F5NO+. The first-order chi connectivity index (χ1) is 12.1. The van der Waals surface area contributed by atoms with E-state index in [1.165, 1.54) is 13.2 Å². The van der Waals surface area contributed by atoms with Crippen molar-refractivity contribution in [2.24, 2.45) is 0 Å². The van der Waals surface area contributed by atoms with Gasteiger partial charge in [0.1, 0.15) is 17.1 Å². The van der Waals surface area contributed by atoms with Gasteiger partial charge in [0.15, 0.2) is 17.6 Å². The molecule has 0 saturated heterocycles. The van der Waals surface area contributed by atoms with Crippen LogP contribution in [0.4, 0.5) is 22.0 Å². The molecule has 0 amide bonds. The molecule has 2 unspecified atom stereocenters. The second kappa shape index (κ2) is 4.84. The Morgan fingerprint density at radius 1 is 1.27 bits per heavy atom. The fourth-order valence-electron chi connectivity index (χ4n) is 4.30. The summed E-state index contributed by atoms with van der Waals surface area (Å²) in [5.41, 5.74) is -3.10. The van der Waals surface area contributed by atoms with Gasteiger partial charge >= 0.3 is 6.18 Å². The smallest absolute Gasteiger partial charge is 0.422 e. The molecule has 7 heteroatoms. The van der Waals surface area contributed by atoms with Crippen molar-refractivity contribution in [1.82, 2.24) is 0 Å². The second-order valence-electron chi connectivity index (χ2n) is 6.92. The molecule has 136 valence electrons. The molecule has 4 rings (SSSR count). The number of hydrogen-bond donors (Lipinski definition) is 0. The standard InChI is InChI=1S/C19H15F5NO/c1-4-18-9-17(18,2)25-6-5-10(26-3)7-13(25)14-11(18)8-12(20)15(16(14)21)19(22,23)24/h4-8H,1,9H2,2-3H3/q+1. The van der Waals surface area contributed by atoms with Crippen LogP contribution in [-0.2, 0) is 17.1 Å². The maximum absolute atomic E-state index is 15.0. The molecule has 26 heavy (non-hydrogen) atoms. The number of benzene rings is 1. The highest BCUT2D eigenvalue weighted by atomic mass is 19.4. The minimum absolute atomic E-state index is 0.186. The van der Waals surface area contributed by atoms with Crippen LogP contribution in [-0.4, -0.2) is 7.11 Å². The zero-order valence-corrected chi connectivity index (χ0v) is 14.0. The molecule has 0 N–H and O–H groups in total. The highest BCUT2D eigenvalue weighted by molar-refractivity contribution is 5.72. The van der Waals surface area contributed by atoms with Gasteiger partial charge in [-0.05, 0) is 11.6 Å². The maximum atomic E-state index is 15.0. The Labute approximate surface area is 146 Å². The van der Waals surface area contributed by atoms with E-state index in [1.54, 1.807) is 22.9 Å². The van der Waals surface area contributed by atoms with Crippen LogP contribution >= 0.6 is 0 Å². The summed E-state index contributed by atoms with van der Waals surface area (Å²) in [6, 6.07) is 3.92. The van der Waals surface area contributed by atoms with E-state index in [-0.39, 0.29) is 16.8 Å². The zero-order chi connectivity index (χ0) is 19.1. The first kappa shape index (κ1) is 17.0. The lowest BCUT2D eigenvalue weighted by molar-refractivity contribution is -0.730. The molecule has 2 aliphatic rings. The number of ether oxygens (including phenoxy) is 1. The van der Waals surface area contributed by atoms with Gasteiger partial charge in [-0.1, -0.05) is 6.08 Å². The molecule has 1 fully saturated rings. The molecule has 1 saturated carbocycles. The second-order valence-corrected chi connectivity index (χ2v) is 6.92. The number of allylic oxidation sites excluding steroid dienone is 1. The van der Waals surface area contributed by atoms with E-state index >= 15 is 0 Å². The molecule has 1 aromatic heterocycles. The minimum atomic E-state index is -5.14. The number of methoxy groups -OCH3 is 1. The van der Waals surface area contributed by atoms with Gasteiger partial charge in [-0.3, -0.25) is 0 Å². The molecule has 0 radical (unpaired) electrons. The SMILES string of the molecule is C=CC12CC1(C)[n+]1ccc(OC)cc1-c1c2cc(F)c(C(F)(F)F)c1F. The Balaban J connectivity index is 2.14. The van der Waals surface area contributed by atoms with Gasteiger partial charge in [-0.2, -0.15) is 17.7 Å². The molecule has 1 aliphatic carbocycles. The van der Waals surface area contributed by atoms with Crippen LogP contribution in [0.15, 0.2) is 37.1 Å². The lowest BCUT2D eigenvalue weighted by Gasteiger charge is -2.27. The molecule has 2 nitrogen and oxygen atoms in total. The van der Waals surface area contributed by atoms with Crippen molar-refractivity contribution < 1.29 is 31.3 Å². The Bertz CT molecular complexity index is 967. The summed E-state index contributed by atoms with van der Waals surface area (Å²) in [6.45, 7) is 5.66. The van der Waals surface area contributed by atoms with Gasteiger partial charge in [-0.15, -0.1) is 6.58 Å². The van der Waals surface area contributed by atoms with Crippen LogP contribution in [0, 0.1) is 11.6 Å². The Kier molecular flexibility index (Phi) is 3.16. The lowest BCUT2D eigenvalue weighted by atomic mass is 9.81. The van der Waals surface area contributed by atoms with E-state index in [0.29, 0.717) is 12.2 Å². The van der Waals surface area contributed by atoms with Crippen molar-refractivity contribution in [1.29, 1.82) is 0 Å². The highest BCUT2D eigenvalue weighted by Crippen LogP contribution is 2.65. The summed E-state index contributed by atoms with van der Waals surface area (Å²) in [7, 11) is 1.41. The fraction of sp³-hybridized carbons (Fsp3) is 0.316. The highest BCUT2D eigenvalue weighted by Gasteiger charge is 2.75. The first-order valence-electron chi connectivity index (χ1n) is 7.94. The molecule has 1 aliphatic heterocycles. The van der Waals surface area contributed by atoms with Crippen molar-refractivity contribution in [2.75, 3.05) is 7.11 Å². The summed E-state index contributed by atoms with van der Waals surface area (Å²) in [4.78, 5) is 0. The lowest BCUT2D eigenvalue weighted by Crippen LogP contribution is -2.53. The maximum Gasteiger partial charge on any atom is 0.422 e. The number of fused-ring (bicyclic) bond motifs is 6. The number of alkyl halides is 3. The third-order valence-electron chi connectivity index (χ3n) is 5.74. The average molecular weight is 368 g/mol. The van der Waals surface area contributed by atoms with E-state index in [4.69, 9.17) is 4.74 Å². The average Bonchev–Trinajstić information content (AvgIpc) is 3.21. The van der Waals surface area contributed by atoms with Crippen molar-refractivity contribution in [3.8, 4) is 17.0 Å². The van der Waals surface area contributed by atoms with Crippen LogP contribution in [0.1, 0.15) is 24.5 Å². The van der Waals surface area contributed by atoms with Gasteiger partial charge in [-0.25, -0.2) is 8.78 Å².